The number of nitrogens with zero attached hydrogens (tertiary/aromatic N) is 1. The van der Waals surface area contributed by atoms with Crippen LogP contribution in [-0.4, -0.2) is 34.5 Å². The highest BCUT2D eigenvalue weighted by Gasteiger charge is 2.39. The third-order valence-electron chi connectivity index (χ3n) is 4.10. The first-order valence-corrected chi connectivity index (χ1v) is 7.50. The Morgan fingerprint density at radius 3 is 2.45 bits per heavy atom. The van der Waals surface area contributed by atoms with Crippen molar-refractivity contribution in [1.29, 1.82) is 0 Å². The van der Waals surface area contributed by atoms with Crippen molar-refractivity contribution < 1.29 is 14.7 Å². The number of amides is 1. The maximum atomic E-state index is 12.5. The van der Waals surface area contributed by atoms with Gasteiger partial charge in [-0.15, -0.1) is 0 Å². The lowest BCUT2D eigenvalue weighted by atomic mass is 9.98. The van der Waals surface area contributed by atoms with Crippen molar-refractivity contribution in [2.24, 2.45) is 5.92 Å². The van der Waals surface area contributed by atoms with Crippen LogP contribution >= 0.6 is 15.9 Å². The lowest BCUT2D eigenvalue weighted by Crippen LogP contribution is -2.39. The number of aliphatic carboxylic acids is 1. The summed E-state index contributed by atoms with van der Waals surface area (Å²) in [5.41, 5.74) is 0.948. The van der Waals surface area contributed by atoms with Crippen LogP contribution in [0.5, 0.6) is 0 Å². The highest BCUT2D eigenvalue weighted by molar-refractivity contribution is 9.10. The number of benzene rings is 1. The third-order valence-corrected chi connectivity index (χ3v) is 4.62. The third kappa shape index (κ3) is 2.87. The van der Waals surface area contributed by atoms with E-state index in [1.807, 2.05) is 38.1 Å². The summed E-state index contributed by atoms with van der Waals surface area (Å²) in [6, 6.07) is 7.42. The summed E-state index contributed by atoms with van der Waals surface area (Å²) in [5, 5.41) is 9.13. The van der Waals surface area contributed by atoms with Gasteiger partial charge in [-0.05, 0) is 38.0 Å². The molecule has 1 aromatic rings. The molecule has 108 valence electrons. The maximum Gasteiger partial charge on any atom is 0.308 e. The Hall–Kier alpha value is -1.36. The van der Waals surface area contributed by atoms with Gasteiger partial charge in [-0.1, -0.05) is 28.1 Å². The van der Waals surface area contributed by atoms with Gasteiger partial charge in [-0.25, -0.2) is 0 Å². The highest BCUT2D eigenvalue weighted by Crippen LogP contribution is 2.29. The van der Waals surface area contributed by atoms with Crippen LogP contribution in [0.25, 0.3) is 0 Å². The van der Waals surface area contributed by atoms with Crippen LogP contribution in [0.3, 0.4) is 0 Å². The van der Waals surface area contributed by atoms with Gasteiger partial charge >= 0.3 is 5.97 Å². The minimum Gasteiger partial charge on any atom is -0.481 e. The quantitative estimate of drug-likeness (QED) is 0.921. The lowest BCUT2D eigenvalue weighted by molar-refractivity contribution is -0.143. The second-order valence-corrected chi connectivity index (χ2v) is 6.19. The van der Waals surface area contributed by atoms with E-state index in [2.05, 4.69) is 15.9 Å². The fourth-order valence-corrected chi connectivity index (χ4v) is 2.99. The number of hydrogen-bond acceptors (Lipinski definition) is 2. The number of carbonyl (C=O) groups is 2. The number of rotatable bonds is 3. The fourth-order valence-electron chi connectivity index (χ4n) is 2.72. The van der Waals surface area contributed by atoms with E-state index in [9.17, 15) is 9.59 Å². The Kier molecular flexibility index (Phi) is 4.48. The zero-order chi connectivity index (χ0) is 14.9. The molecule has 1 fully saturated rings. The van der Waals surface area contributed by atoms with Crippen LogP contribution in [0.15, 0.2) is 28.7 Å². The van der Waals surface area contributed by atoms with Gasteiger partial charge in [0.25, 0.3) is 0 Å². The minimum absolute atomic E-state index is 0.00331. The number of carbonyl (C=O) groups excluding carboxylic acids is 1. The van der Waals surface area contributed by atoms with Crippen LogP contribution in [0.2, 0.25) is 0 Å². The smallest absolute Gasteiger partial charge is 0.308 e. The van der Waals surface area contributed by atoms with Gasteiger partial charge in [-0.3, -0.25) is 9.59 Å². The molecule has 3 unspecified atom stereocenters. The van der Waals surface area contributed by atoms with Crippen molar-refractivity contribution >= 4 is 27.8 Å². The predicted molar refractivity (Wildman–Crippen MR) is 79.5 cm³/mol. The van der Waals surface area contributed by atoms with Gasteiger partial charge in [0, 0.05) is 17.1 Å². The van der Waals surface area contributed by atoms with Crippen molar-refractivity contribution in [3.63, 3.8) is 0 Å². The SMILES string of the molecule is CC(C(=O)N1CCC(C(=O)O)C1C)c1ccc(Br)cc1. The van der Waals surface area contributed by atoms with E-state index < -0.39 is 11.9 Å². The zero-order valence-corrected chi connectivity index (χ0v) is 13.1. The summed E-state index contributed by atoms with van der Waals surface area (Å²) < 4.78 is 0.974. The predicted octanol–water partition coefficient (Wildman–Crippen LogP) is 2.87. The molecule has 1 saturated heterocycles. The summed E-state index contributed by atoms with van der Waals surface area (Å²) in [4.78, 5) is 25.3. The van der Waals surface area contributed by atoms with Gasteiger partial charge in [0.15, 0.2) is 0 Å². The Labute approximate surface area is 126 Å². The first-order chi connectivity index (χ1) is 9.41. The molecule has 5 heteroatoms. The second kappa shape index (κ2) is 5.95. The van der Waals surface area contributed by atoms with Crippen molar-refractivity contribution in [1.82, 2.24) is 4.90 Å². The van der Waals surface area contributed by atoms with Crippen molar-refractivity contribution in [3.05, 3.63) is 34.3 Å². The second-order valence-electron chi connectivity index (χ2n) is 5.28. The van der Waals surface area contributed by atoms with Crippen LogP contribution in [0.1, 0.15) is 31.7 Å². The monoisotopic (exact) mass is 339 g/mol. The molecule has 0 spiro atoms. The maximum absolute atomic E-state index is 12.5. The molecular weight excluding hydrogens is 322 g/mol. The van der Waals surface area contributed by atoms with Crippen molar-refractivity contribution in [2.45, 2.75) is 32.2 Å². The molecule has 1 aliphatic heterocycles. The molecule has 4 nitrogen and oxygen atoms in total. The molecule has 0 bridgehead atoms. The number of carboxylic acids is 1. The summed E-state index contributed by atoms with van der Waals surface area (Å²) in [6.45, 7) is 4.21. The molecule has 1 heterocycles. The lowest BCUT2D eigenvalue weighted by Gasteiger charge is -2.26. The number of carboxylic acid groups (broad SMARTS) is 1. The average molecular weight is 340 g/mol. The molecule has 1 aliphatic rings. The number of halogens is 1. The first-order valence-electron chi connectivity index (χ1n) is 6.70. The Morgan fingerprint density at radius 2 is 1.95 bits per heavy atom. The van der Waals surface area contributed by atoms with Crippen LogP contribution in [-0.2, 0) is 9.59 Å². The van der Waals surface area contributed by atoms with E-state index in [0.29, 0.717) is 13.0 Å². The van der Waals surface area contributed by atoms with Crippen LogP contribution in [0.4, 0.5) is 0 Å². The van der Waals surface area contributed by atoms with Gasteiger partial charge < -0.3 is 10.0 Å². The van der Waals surface area contributed by atoms with E-state index >= 15 is 0 Å². The highest BCUT2D eigenvalue weighted by atomic mass is 79.9. The molecule has 3 atom stereocenters. The number of hydrogen-bond donors (Lipinski definition) is 1. The molecule has 0 radical (unpaired) electrons. The van der Waals surface area contributed by atoms with E-state index in [0.717, 1.165) is 10.0 Å². The van der Waals surface area contributed by atoms with Crippen molar-refractivity contribution in [2.75, 3.05) is 6.54 Å². The first kappa shape index (κ1) is 15.0. The summed E-state index contributed by atoms with van der Waals surface area (Å²) >= 11 is 3.37. The van der Waals surface area contributed by atoms with E-state index in [1.54, 1.807) is 4.90 Å². The zero-order valence-electron chi connectivity index (χ0n) is 11.5. The Morgan fingerprint density at radius 1 is 1.35 bits per heavy atom. The largest absolute Gasteiger partial charge is 0.481 e. The molecular formula is C15H18BrNO3. The summed E-state index contributed by atoms with van der Waals surface area (Å²) in [5.74, 6) is -1.51. The minimum atomic E-state index is -0.816. The Balaban J connectivity index is 2.11. The molecule has 20 heavy (non-hydrogen) atoms. The molecule has 1 N–H and O–H groups in total. The normalized spacial score (nSPS) is 23.6. The molecule has 1 amide bonds. The fraction of sp³-hybridized carbons (Fsp3) is 0.467. The number of likely N-dealkylation sites (tertiary alicyclic amines) is 1. The van der Waals surface area contributed by atoms with Crippen LogP contribution in [0, 0.1) is 5.92 Å². The molecule has 0 aliphatic carbocycles. The molecule has 1 aromatic carbocycles. The van der Waals surface area contributed by atoms with E-state index in [1.165, 1.54) is 0 Å². The van der Waals surface area contributed by atoms with Crippen molar-refractivity contribution in [3.8, 4) is 0 Å². The summed E-state index contributed by atoms with van der Waals surface area (Å²) in [6.07, 6.45) is 0.537. The van der Waals surface area contributed by atoms with E-state index in [-0.39, 0.29) is 17.9 Å². The Bertz CT molecular complexity index is 514. The molecule has 0 saturated carbocycles. The molecule has 2 rings (SSSR count). The van der Waals surface area contributed by atoms with Crippen LogP contribution < -0.4 is 0 Å². The van der Waals surface area contributed by atoms with Gasteiger partial charge in [0.05, 0.1) is 11.8 Å². The van der Waals surface area contributed by atoms with Gasteiger partial charge in [0.1, 0.15) is 0 Å². The average Bonchev–Trinajstić information content (AvgIpc) is 2.80. The molecule has 0 aromatic heterocycles. The topological polar surface area (TPSA) is 57.6 Å². The summed E-state index contributed by atoms with van der Waals surface area (Å²) in [7, 11) is 0. The van der Waals surface area contributed by atoms with Gasteiger partial charge in [-0.2, -0.15) is 0 Å². The van der Waals surface area contributed by atoms with Gasteiger partial charge in [0.2, 0.25) is 5.91 Å². The standard InChI is InChI=1S/C15H18BrNO3/c1-9(11-3-5-12(16)6-4-11)14(18)17-8-7-13(10(17)2)15(19)20/h3-6,9-10,13H,7-8H2,1-2H3,(H,19,20). The van der Waals surface area contributed by atoms with E-state index in [4.69, 9.17) is 5.11 Å².